The van der Waals surface area contributed by atoms with Crippen LogP contribution in [0, 0.1) is 6.42 Å². The molecule has 46 valence electrons. The van der Waals surface area contributed by atoms with Crippen LogP contribution >= 0.6 is 0 Å². The van der Waals surface area contributed by atoms with Gasteiger partial charge in [0.1, 0.15) is 11.1 Å². The zero-order valence-corrected chi connectivity index (χ0v) is 5.60. The van der Waals surface area contributed by atoms with Crippen molar-refractivity contribution < 1.29 is 5.11 Å². The van der Waals surface area contributed by atoms with Crippen molar-refractivity contribution >= 4 is 0 Å². The predicted octanol–water partition coefficient (Wildman–Crippen LogP) is 2.14. The monoisotopic (exact) mass is 121 g/mol. The highest BCUT2D eigenvalue weighted by Crippen LogP contribution is 2.13. The Labute approximate surface area is 55.0 Å². The Bertz CT molecular complexity index is 215. The summed E-state index contributed by atoms with van der Waals surface area (Å²) in [4.78, 5) is 0. The number of hydrogen-bond acceptors (Lipinski definition) is 1. The Hall–Kier alpha value is -1.07. The molecular weight excluding hydrogens is 112 g/mol. The van der Waals surface area contributed by atoms with Gasteiger partial charge in [-0.1, -0.05) is 0 Å². The van der Waals surface area contributed by atoms with E-state index in [0.29, 0.717) is 5.76 Å². The molecule has 9 heavy (non-hydrogen) atoms. The van der Waals surface area contributed by atoms with Gasteiger partial charge in [0.2, 0.25) is 5.76 Å². The summed E-state index contributed by atoms with van der Waals surface area (Å²) < 4.78 is 0. The first-order chi connectivity index (χ1) is 4.18. The third kappa shape index (κ3) is 1.41. The first kappa shape index (κ1) is 6.06. The fourth-order valence-electron chi connectivity index (χ4n) is 0.868. The zero-order valence-electron chi connectivity index (χ0n) is 5.60. The van der Waals surface area contributed by atoms with Crippen LogP contribution < -0.4 is 0 Å². The van der Waals surface area contributed by atoms with Crippen molar-refractivity contribution in [3.8, 4) is 0 Å². The summed E-state index contributed by atoms with van der Waals surface area (Å²) in [5.41, 5.74) is 5.01. The molecule has 1 rings (SSSR count). The van der Waals surface area contributed by atoms with Crippen LogP contribution in [0.2, 0.25) is 0 Å². The molecule has 0 saturated heterocycles. The molecule has 0 aliphatic heterocycles. The molecule has 0 radical (unpaired) electrons. The molecule has 0 amide bonds. The highest BCUT2D eigenvalue weighted by atomic mass is 16.3. The first-order valence-corrected chi connectivity index (χ1v) is 2.88. The second kappa shape index (κ2) is 2.04. The topological polar surface area (TPSA) is 20.2 Å². The molecule has 0 aromatic carbocycles. The summed E-state index contributed by atoms with van der Waals surface area (Å²) in [5.74, 6) is 0.323. The molecule has 1 aliphatic carbocycles. The average molecular weight is 121 g/mol. The van der Waals surface area contributed by atoms with Gasteiger partial charge in [0.25, 0.3) is 0 Å². The van der Waals surface area contributed by atoms with Gasteiger partial charge in [0.05, 0.1) is 12.5 Å². The first-order valence-electron chi connectivity index (χ1n) is 2.88. The Kier molecular flexibility index (Phi) is 1.37. The number of rotatable bonds is 0. The Balaban J connectivity index is 2.99. The summed E-state index contributed by atoms with van der Waals surface area (Å²) in [5, 5.41) is 8.97. The second-order valence-corrected chi connectivity index (χ2v) is 2.20. The number of hydrogen-bond donors (Lipinski definition) is 1. The van der Waals surface area contributed by atoms with E-state index < -0.39 is 0 Å². The molecule has 1 nitrogen and oxygen atoms in total. The van der Waals surface area contributed by atoms with Gasteiger partial charge in [0.15, 0.2) is 0 Å². The lowest BCUT2D eigenvalue weighted by Crippen LogP contribution is -1.89. The average Bonchev–Trinajstić information content (AvgIpc) is 1.59. The Morgan fingerprint density at radius 2 is 2.22 bits per heavy atom. The van der Waals surface area contributed by atoms with Crippen molar-refractivity contribution in [3.63, 3.8) is 0 Å². The van der Waals surface area contributed by atoms with Crippen molar-refractivity contribution in [2.75, 3.05) is 0 Å². The molecule has 0 aromatic heterocycles. The van der Waals surface area contributed by atoms with Crippen LogP contribution in [0.15, 0.2) is 28.7 Å². The predicted molar refractivity (Wildman–Crippen MR) is 36.9 cm³/mol. The van der Waals surface area contributed by atoms with Gasteiger partial charge in [-0.3, -0.25) is 0 Å². The minimum Gasteiger partial charge on any atom is -0.487 e. The highest BCUT2D eigenvalue weighted by Gasteiger charge is 2.10. The summed E-state index contributed by atoms with van der Waals surface area (Å²) in [6, 6.07) is 0. The summed E-state index contributed by atoms with van der Waals surface area (Å²) in [6.07, 6.45) is 3.38. The SMILES string of the molecule is CC1=C=C(C)[CH+]C(O)=C1. The van der Waals surface area contributed by atoms with E-state index in [-0.39, 0.29) is 0 Å². The molecule has 0 atom stereocenters. The van der Waals surface area contributed by atoms with E-state index in [1.54, 1.807) is 12.5 Å². The summed E-state index contributed by atoms with van der Waals surface area (Å²) in [6.45, 7) is 3.82. The largest absolute Gasteiger partial charge is 0.487 e. The second-order valence-electron chi connectivity index (χ2n) is 2.20. The maximum Gasteiger partial charge on any atom is 0.231 e. The molecule has 0 aromatic rings. The fraction of sp³-hybridized carbons (Fsp3) is 0.250. The summed E-state index contributed by atoms with van der Waals surface area (Å²) in [7, 11) is 0. The quantitative estimate of drug-likeness (QED) is 0.384. The number of aliphatic hydroxyl groups is 1. The lowest BCUT2D eigenvalue weighted by atomic mass is 10.1. The van der Waals surface area contributed by atoms with Gasteiger partial charge < -0.3 is 5.11 Å². The van der Waals surface area contributed by atoms with Gasteiger partial charge in [-0.25, -0.2) is 0 Å². The van der Waals surface area contributed by atoms with Gasteiger partial charge in [-0.05, 0) is 13.8 Å². The standard InChI is InChI=1S/C8H8O/c1-6-3-7(2)5-8(9)4-6/h4-5H,1-2H3/p+1. The van der Waals surface area contributed by atoms with Crippen LogP contribution in [0.4, 0.5) is 0 Å². The van der Waals surface area contributed by atoms with Crippen LogP contribution in [0.5, 0.6) is 0 Å². The van der Waals surface area contributed by atoms with Crippen LogP contribution in [0.1, 0.15) is 13.8 Å². The van der Waals surface area contributed by atoms with Gasteiger partial charge >= 0.3 is 0 Å². The fourth-order valence-corrected chi connectivity index (χ4v) is 0.868. The van der Waals surface area contributed by atoms with Crippen LogP contribution in [-0.4, -0.2) is 5.11 Å². The van der Waals surface area contributed by atoms with E-state index in [1.165, 1.54) is 0 Å². The minimum absolute atomic E-state index is 0.323. The number of aliphatic hydroxyl groups excluding tert-OH is 1. The number of allylic oxidation sites excluding steroid dienone is 2. The molecular formula is C8H9O+. The lowest BCUT2D eigenvalue weighted by Gasteiger charge is -1.92. The normalized spacial score (nSPS) is 17.3. The van der Waals surface area contributed by atoms with E-state index in [4.69, 9.17) is 5.11 Å². The third-order valence-corrected chi connectivity index (χ3v) is 1.12. The molecule has 1 N–H and O–H groups in total. The Morgan fingerprint density at radius 1 is 1.56 bits per heavy atom. The van der Waals surface area contributed by atoms with Crippen LogP contribution in [-0.2, 0) is 0 Å². The van der Waals surface area contributed by atoms with Gasteiger partial charge in [-0.2, -0.15) is 0 Å². The maximum absolute atomic E-state index is 8.97. The molecule has 1 heteroatoms. The van der Waals surface area contributed by atoms with E-state index in [2.05, 4.69) is 5.73 Å². The third-order valence-electron chi connectivity index (χ3n) is 1.12. The van der Waals surface area contributed by atoms with Crippen LogP contribution in [0.25, 0.3) is 0 Å². The van der Waals surface area contributed by atoms with Gasteiger partial charge in [0, 0.05) is 5.73 Å². The van der Waals surface area contributed by atoms with Crippen molar-refractivity contribution in [2.24, 2.45) is 0 Å². The maximum atomic E-state index is 8.97. The van der Waals surface area contributed by atoms with Crippen molar-refractivity contribution in [3.05, 3.63) is 35.1 Å². The van der Waals surface area contributed by atoms with E-state index in [1.807, 2.05) is 13.8 Å². The minimum atomic E-state index is 0.323. The molecule has 0 fully saturated rings. The molecule has 1 aliphatic rings. The van der Waals surface area contributed by atoms with Gasteiger partial charge in [-0.15, -0.1) is 0 Å². The molecule has 0 bridgehead atoms. The van der Waals surface area contributed by atoms with E-state index in [9.17, 15) is 0 Å². The van der Waals surface area contributed by atoms with Crippen LogP contribution in [0.3, 0.4) is 0 Å². The lowest BCUT2D eigenvalue weighted by molar-refractivity contribution is 0.422. The Morgan fingerprint density at radius 3 is 2.67 bits per heavy atom. The van der Waals surface area contributed by atoms with Crippen molar-refractivity contribution in [1.82, 2.24) is 0 Å². The summed E-state index contributed by atoms with van der Waals surface area (Å²) >= 11 is 0. The van der Waals surface area contributed by atoms with Crippen molar-refractivity contribution in [1.29, 1.82) is 0 Å². The molecule has 0 saturated carbocycles. The smallest absolute Gasteiger partial charge is 0.231 e. The van der Waals surface area contributed by atoms with Crippen molar-refractivity contribution in [2.45, 2.75) is 13.8 Å². The molecule has 0 heterocycles. The highest BCUT2D eigenvalue weighted by molar-refractivity contribution is 5.35. The zero-order chi connectivity index (χ0) is 6.85. The van der Waals surface area contributed by atoms with E-state index >= 15 is 0 Å². The van der Waals surface area contributed by atoms with E-state index in [0.717, 1.165) is 11.1 Å². The molecule has 0 unspecified atom stereocenters. The molecule has 0 spiro atoms.